The van der Waals surface area contributed by atoms with Crippen molar-refractivity contribution in [3.05, 3.63) is 0 Å². The number of carboxylic acids is 2. The molecular weight excluding hydrogens is 208 g/mol. The van der Waals surface area contributed by atoms with Crippen LogP contribution in [0.4, 0.5) is 0 Å². The minimum absolute atomic E-state index is 0.0312. The van der Waals surface area contributed by atoms with Crippen LogP contribution in [-0.2, 0) is 9.59 Å². The summed E-state index contributed by atoms with van der Waals surface area (Å²) >= 11 is 0. The zero-order valence-corrected chi connectivity index (χ0v) is 10.1. The van der Waals surface area contributed by atoms with Crippen LogP contribution < -0.4 is 0 Å². The third-order valence-corrected chi connectivity index (χ3v) is 3.79. The molecule has 0 aromatic rings. The van der Waals surface area contributed by atoms with E-state index in [1.165, 1.54) is 0 Å². The van der Waals surface area contributed by atoms with Gasteiger partial charge >= 0.3 is 11.9 Å². The summed E-state index contributed by atoms with van der Waals surface area (Å²) < 4.78 is 0. The van der Waals surface area contributed by atoms with Gasteiger partial charge in [0.05, 0.1) is 0 Å². The van der Waals surface area contributed by atoms with Gasteiger partial charge in [0.2, 0.25) is 0 Å². The van der Waals surface area contributed by atoms with Gasteiger partial charge < -0.3 is 10.2 Å². The summed E-state index contributed by atoms with van der Waals surface area (Å²) in [5.74, 6) is -2.21. The Morgan fingerprint density at radius 2 is 1.69 bits per heavy atom. The van der Waals surface area contributed by atoms with Crippen LogP contribution in [0.15, 0.2) is 0 Å². The van der Waals surface area contributed by atoms with Crippen molar-refractivity contribution in [3.63, 3.8) is 0 Å². The van der Waals surface area contributed by atoms with E-state index in [4.69, 9.17) is 10.2 Å². The summed E-state index contributed by atoms with van der Waals surface area (Å²) in [6, 6.07) is 0. The van der Waals surface area contributed by atoms with Crippen LogP contribution in [0.2, 0.25) is 0 Å². The molecule has 1 rings (SSSR count). The van der Waals surface area contributed by atoms with Crippen LogP contribution in [0.5, 0.6) is 0 Å². The Morgan fingerprint density at radius 3 is 2.06 bits per heavy atom. The zero-order valence-electron chi connectivity index (χ0n) is 10.1. The third-order valence-electron chi connectivity index (χ3n) is 3.79. The maximum Gasteiger partial charge on any atom is 0.321 e. The van der Waals surface area contributed by atoms with E-state index in [0.717, 1.165) is 6.42 Å². The lowest BCUT2D eigenvalue weighted by atomic mass is 9.62. The molecule has 0 aromatic carbocycles. The fourth-order valence-corrected chi connectivity index (χ4v) is 2.49. The molecule has 0 radical (unpaired) electrons. The lowest BCUT2D eigenvalue weighted by Crippen LogP contribution is -2.45. The minimum Gasteiger partial charge on any atom is -0.480 e. The van der Waals surface area contributed by atoms with Gasteiger partial charge in [0.1, 0.15) is 0 Å². The molecule has 0 heterocycles. The molecule has 4 nitrogen and oxygen atoms in total. The summed E-state index contributed by atoms with van der Waals surface area (Å²) in [7, 11) is 0. The Kier molecular flexibility index (Phi) is 3.31. The highest BCUT2D eigenvalue weighted by Gasteiger charge is 2.51. The molecule has 2 N–H and O–H groups in total. The molecule has 1 aliphatic rings. The van der Waals surface area contributed by atoms with E-state index in [0.29, 0.717) is 6.42 Å². The molecule has 0 saturated heterocycles. The second kappa shape index (κ2) is 4.07. The predicted octanol–water partition coefficient (Wildman–Crippen LogP) is 2.38. The minimum atomic E-state index is -1.56. The van der Waals surface area contributed by atoms with E-state index in [2.05, 4.69) is 0 Å². The fraction of sp³-hybridized carbons (Fsp3) is 0.833. The average Bonchev–Trinajstić information content (AvgIpc) is 2.16. The third kappa shape index (κ3) is 2.20. The monoisotopic (exact) mass is 228 g/mol. The van der Waals surface area contributed by atoms with E-state index in [1.807, 2.05) is 20.8 Å². The summed E-state index contributed by atoms with van der Waals surface area (Å²) in [6.45, 7) is 6.12. The molecule has 16 heavy (non-hydrogen) atoms. The van der Waals surface area contributed by atoms with Crippen molar-refractivity contribution in [2.75, 3.05) is 0 Å². The van der Waals surface area contributed by atoms with Crippen LogP contribution in [0.3, 0.4) is 0 Å². The number of carboxylic acid groups (broad SMARTS) is 2. The molecule has 1 atom stereocenters. The first-order chi connectivity index (χ1) is 7.20. The van der Waals surface area contributed by atoms with Crippen LogP contribution in [0, 0.1) is 16.7 Å². The second-order valence-electron chi connectivity index (χ2n) is 5.85. The van der Waals surface area contributed by atoms with Gasteiger partial charge in [-0.25, -0.2) is 0 Å². The molecule has 0 aliphatic heterocycles. The van der Waals surface area contributed by atoms with Crippen molar-refractivity contribution >= 4 is 11.9 Å². The van der Waals surface area contributed by atoms with Crippen molar-refractivity contribution in [3.8, 4) is 0 Å². The molecule has 1 fully saturated rings. The van der Waals surface area contributed by atoms with Crippen molar-refractivity contribution in [1.82, 2.24) is 0 Å². The highest BCUT2D eigenvalue weighted by Crippen LogP contribution is 2.46. The van der Waals surface area contributed by atoms with Gasteiger partial charge in [0, 0.05) is 0 Å². The van der Waals surface area contributed by atoms with Crippen molar-refractivity contribution < 1.29 is 19.8 Å². The molecule has 0 bridgehead atoms. The van der Waals surface area contributed by atoms with E-state index < -0.39 is 17.4 Å². The summed E-state index contributed by atoms with van der Waals surface area (Å²) in [4.78, 5) is 22.4. The molecule has 0 spiro atoms. The number of hydrogen-bond donors (Lipinski definition) is 2. The molecule has 4 heteroatoms. The fourth-order valence-electron chi connectivity index (χ4n) is 2.49. The highest BCUT2D eigenvalue weighted by atomic mass is 16.4. The van der Waals surface area contributed by atoms with Gasteiger partial charge in [-0.05, 0) is 30.6 Å². The van der Waals surface area contributed by atoms with Gasteiger partial charge in [-0.2, -0.15) is 0 Å². The van der Waals surface area contributed by atoms with Gasteiger partial charge in [-0.1, -0.05) is 27.2 Å². The number of rotatable bonds is 2. The summed E-state index contributed by atoms with van der Waals surface area (Å²) in [5, 5.41) is 18.3. The normalized spacial score (nSPS) is 25.1. The van der Waals surface area contributed by atoms with Crippen LogP contribution >= 0.6 is 0 Å². The summed E-state index contributed by atoms with van der Waals surface area (Å²) in [6.07, 6.45) is 2.11. The quantitative estimate of drug-likeness (QED) is 0.711. The van der Waals surface area contributed by atoms with Crippen LogP contribution in [0.25, 0.3) is 0 Å². The maximum absolute atomic E-state index is 11.2. The zero-order chi connectivity index (χ0) is 12.6. The number of carbonyl (C=O) groups is 2. The molecule has 1 unspecified atom stereocenters. The van der Waals surface area contributed by atoms with Gasteiger partial charge in [-0.15, -0.1) is 0 Å². The Hall–Kier alpha value is -1.06. The number of hydrogen-bond acceptors (Lipinski definition) is 2. The lowest BCUT2D eigenvalue weighted by molar-refractivity contribution is -0.169. The maximum atomic E-state index is 11.2. The predicted molar refractivity (Wildman–Crippen MR) is 59.1 cm³/mol. The first-order valence-corrected chi connectivity index (χ1v) is 5.67. The van der Waals surface area contributed by atoms with Crippen molar-refractivity contribution in [1.29, 1.82) is 0 Å². The van der Waals surface area contributed by atoms with Gasteiger partial charge in [0.15, 0.2) is 5.41 Å². The smallest absolute Gasteiger partial charge is 0.321 e. The first kappa shape index (κ1) is 13.0. The average molecular weight is 228 g/mol. The molecular formula is C12H20O4. The molecule has 0 amide bonds. The molecule has 1 saturated carbocycles. The molecule has 92 valence electrons. The molecule has 1 aliphatic carbocycles. The van der Waals surface area contributed by atoms with Gasteiger partial charge in [0.25, 0.3) is 0 Å². The van der Waals surface area contributed by atoms with Crippen molar-refractivity contribution in [2.24, 2.45) is 16.7 Å². The van der Waals surface area contributed by atoms with E-state index in [-0.39, 0.29) is 24.2 Å². The van der Waals surface area contributed by atoms with Gasteiger partial charge in [-0.3, -0.25) is 9.59 Å². The first-order valence-electron chi connectivity index (χ1n) is 5.67. The molecule has 0 aromatic heterocycles. The SMILES string of the molecule is CC(C)(C)C1CCCC(C(=O)O)(C(=O)O)C1. The Labute approximate surface area is 95.7 Å². The van der Waals surface area contributed by atoms with Crippen LogP contribution in [0.1, 0.15) is 46.5 Å². The summed E-state index contributed by atoms with van der Waals surface area (Å²) in [5.41, 5.74) is -1.59. The van der Waals surface area contributed by atoms with E-state index in [1.54, 1.807) is 0 Å². The van der Waals surface area contributed by atoms with E-state index in [9.17, 15) is 9.59 Å². The van der Waals surface area contributed by atoms with Crippen molar-refractivity contribution in [2.45, 2.75) is 46.5 Å². The Bertz CT molecular complexity index is 287. The second-order valence-corrected chi connectivity index (χ2v) is 5.85. The largest absolute Gasteiger partial charge is 0.480 e. The Morgan fingerprint density at radius 1 is 1.19 bits per heavy atom. The standard InChI is InChI=1S/C12H20O4/c1-11(2,3)8-5-4-6-12(7-8,9(13)14)10(15)16/h8H,4-7H2,1-3H3,(H,13,14)(H,15,16). The lowest BCUT2D eigenvalue weighted by Gasteiger charge is -2.40. The highest BCUT2D eigenvalue weighted by molar-refractivity contribution is 5.98. The van der Waals surface area contributed by atoms with Crippen LogP contribution in [-0.4, -0.2) is 22.2 Å². The number of aliphatic carboxylic acids is 2. The van der Waals surface area contributed by atoms with E-state index >= 15 is 0 Å². The topological polar surface area (TPSA) is 74.6 Å². The Balaban J connectivity index is 2.97.